The van der Waals surface area contributed by atoms with Gasteiger partial charge >= 0.3 is 5.97 Å². The number of likely N-dealkylation sites (N-methyl/N-ethyl adjacent to an activating group) is 1. The summed E-state index contributed by atoms with van der Waals surface area (Å²) in [7, 11) is 2.65. The quantitative estimate of drug-likeness (QED) is 0.642. The van der Waals surface area contributed by atoms with Crippen LogP contribution < -0.4 is 11.1 Å². The van der Waals surface area contributed by atoms with Gasteiger partial charge in [0.25, 0.3) is 0 Å². The zero-order chi connectivity index (χ0) is 21.7. The number of carbonyl (C=O) groups is 3. The number of halogens is 3. The Morgan fingerprint density at radius 2 is 1.93 bits per heavy atom. The largest absolute Gasteiger partial charge is 0.465 e. The van der Waals surface area contributed by atoms with Crippen LogP contribution in [-0.4, -0.2) is 43.4 Å². The fourth-order valence-corrected chi connectivity index (χ4v) is 3.32. The molecule has 1 unspecified atom stereocenters. The summed E-state index contributed by atoms with van der Waals surface area (Å²) in [5, 5.41) is 2.73. The summed E-state index contributed by atoms with van der Waals surface area (Å²) in [6, 6.07) is 6.96. The van der Waals surface area contributed by atoms with Crippen molar-refractivity contribution in [3.05, 3.63) is 63.4 Å². The molecule has 2 aromatic rings. The van der Waals surface area contributed by atoms with Crippen LogP contribution in [0.15, 0.2) is 36.4 Å². The summed E-state index contributed by atoms with van der Waals surface area (Å²) in [5.41, 5.74) is 5.72. The number of benzene rings is 2. The monoisotopic (exact) mass is 441 g/mol. The standard InChI is InChI=1S/C19H18Cl2FN3O4/c1-25(17(18(23)27)10-4-3-5-12(22)6-10)9-15(26)24-16-13(19(28)29-2)7-11(20)8-14(16)21/h3-8,17H,9H2,1-2H3,(H2,23,27)(H,24,26). The van der Waals surface area contributed by atoms with Gasteiger partial charge in [-0.3, -0.25) is 14.5 Å². The molecule has 0 radical (unpaired) electrons. The van der Waals surface area contributed by atoms with E-state index in [1.165, 1.54) is 49.4 Å². The van der Waals surface area contributed by atoms with Gasteiger partial charge in [0.05, 0.1) is 29.9 Å². The van der Waals surface area contributed by atoms with Crippen molar-refractivity contribution >= 4 is 46.7 Å². The smallest absolute Gasteiger partial charge is 0.340 e. The molecule has 0 aliphatic carbocycles. The normalized spacial score (nSPS) is 11.8. The first-order chi connectivity index (χ1) is 13.6. The van der Waals surface area contributed by atoms with Crippen LogP contribution in [0.2, 0.25) is 10.0 Å². The molecular formula is C19H18Cl2FN3O4. The number of anilines is 1. The van der Waals surface area contributed by atoms with Crippen molar-refractivity contribution in [2.75, 3.05) is 26.0 Å². The third-order valence-electron chi connectivity index (χ3n) is 3.99. The molecule has 0 aromatic heterocycles. The lowest BCUT2D eigenvalue weighted by Gasteiger charge is -2.25. The molecule has 2 rings (SSSR count). The summed E-state index contributed by atoms with van der Waals surface area (Å²) < 4.78 is 18.2. The van der Waals surface area contributed by atoms with E-state index in [1.807, 2.05) is 0 Å². The number of ether oxygens (including phenoxy) is 1. The lowest BCUT2D eigenvalue weighted by atomic mass is 10.0. The van der Waals surface area contributed by atoms with Gasteiger partial charge in [-0.15, -0.1) is 0 Å². The SMILES string of the molecule is COC(=O)c1cc(Cl)cc(Cl)c1NC(=O)CN(C)C(C(N)=O)c1cccc(F)c1. The van der Waals surface area contributed by atoms with Crippen LogP contribution in [0.5, 0.6) is 0 Å². The Balaban J connectivity index is 2.24. The van der Waals surface area contributed by atoms with Crippen molar-refractivity contribution in [1.29, 1.82) is 0 Å². The van der Waals surface area contributed by atoms with Gasteiger partial charge in [0.1, 0.15) is 11.9 Å². The predicted octanol–water partition coefficient (Wildman–Crippen LogP) is 3.02. The van der Waals surface area contributed by atoms with Crippen molar-refractivity contribution in [3.8, 4) is 0 Å². The molecule has 7 nitrogen and oxygen atoms in total. The van der Waals surface area contributed by atoms with Crippen LogP contribution >= 0.6 is 23.2 Å². The first kappa shape index (κ1) is 22.6. The molecule has 10 heteroatoms. The molecule has 2 amide bonds. The lowest BCUT2D eigenvalue weighted by molar-refractivity contribution is -0.124. The molecule has 29 heavy (non-hydrogen) atoms. The highest BCUT2D eigenvalue weighted by atomic mass is 35.5. The highest BCUT2D eigenvalue weighted by Crippen LogP contribution is 2.31. The number of methoxy groups -OCH3 is 1. The van der Waals surface area contributed by atoms with Crippen LogP contribution in [0.3, 0.4) is 0 Å². The number of nitrogens with zero attached hydrogens (tertiary/aromatic N) is 1. The molecule has 3 N–H and O–H groups in total. The molecule has 0 saturated carbocycles. The molecule has 2 aromatic carbocycles. The maximum Gasteiger partial charge on any atom is 0.340 e. The Kier molecular flexibility index (Phi) is 7.55. The molecule has 0 aliphatic heterocycles. The van der Waals surface area contributed by atoms with Gasteiger partial charge in [-0.25, -0.2) is 9.18 Å². The minimum Gasteiger partial charge on any atom is -0.465 e. The predicted molar refractivity (Wildman–Crippen MR) is 107 cm³/mol. The highest BCUT2D eigenvalue weighted by Gasteiger charge is 2.26. The lowest BCUT2D eigenvalue weighted by Crippen LogP contribution is -2.40. The van der Waals surface area contributed by atoms with E-state index in [4.69, 9.17) is 28.9 Å². The average Bonchev–Trinajstić information content (AvgIpc) is 2.62. The zero-order valence-corrected chi connectivity index (χ0v) is 17.1. The Labute approximate surface area is 176 Å². The Morgan fingerprint density at radius 1 is 1.24 bits per heavy atom. The number of nitrogens with two attached hydrogens (primary N) is 1. The third kappa shape index (κ3) is 5.66. The number of nitrogens with one attached hydrogen (secondary N) is 1. The van der Waals surface area contributed by atoms with Crippen LogP contribution in [0.4, 0.5) is 10.1 Å². The van der Waals surface area contributed by atoms with E-state index in [2.05, 4.69) is 10.1 Å². The second kappa shape index (κ2) is 9.69. The molecule has 0 spiro atoms. The van der Waals surface area contributed by atoms with E-state index in [1.54, 1.807) is 0 Å². The zero-order valence-electron chi connectivity index (χ0n) is 15.5. The molecule has 1 atom stereocenters. The van der Waals surface area contributed by atoms with Crippen molar-refractivity contribution in [3.63, 3.8) is 0 Å². The average molecular weight is 442 g/mol. The maximum absolute atomic E-state index is 13.5. The van der Waals surface area contributed by atoms with Crippen molar-refractivity contribution in [1.82, 2.24) is 4.90 Å². The van der Waals surface area contributed by atoms with Gasteiger partial charge in [-0.2, -0.15) is 0 Å². The first-order valence-corrected chi connectivity index (χ1v) is 9.01. The van der Waals surface area contributed by atoms with E-state index in [-0.39, 0.29) is 27.8 Å². The number of esters is 1. The molecule has 0 aliphatic rings. The van der Waals surface area contributed by atoms with Crippen molar-refractivity contribution in [2.24, 2.45) is 5.73 Å². The number of hydrogen-bond acceptors (Lipinski definition) is 5. The first-order valence-electron chi connectivity index (χ1n) is 8.26. The maximum atomic E-state index is 13.5. The van der Waals surface area contributed by atoms with Crippen molar-refractivity contribution in [2.45, 2.75) is 6.04 Å². The second-order valence-electron chi connectivity index (χ2n) is 6.12. The van der Waals surface area contributed by atoms with E-state index in [0.29, 0.717) is 5.56 Å². The van der Waals surface area contributed by atoms with Gasteiger partial charge in [-0.05, 0) is 36.9 Å². The summed E-state index contributed by atoms with van der Waals surface area (Å²) in [6.07, 6.45) is 0. The Bertz CT molecular complexity index is 955. The van der Waals surface area contributed by atoms with Gasteiger partial charge in [0.15, 0.2) is 0 Å². The minimum absolute atomic E-state index is 0.0164. The van der Waals surface area contributed by atoms with E-state index >= 15 is 0 Å². The number of primary amides is 1. The highest BCUT2D eigenvalue weighted by molar-refractivity contribution is 6.37. The van der Waals surface area contributed by atoms with E-state index in [0.717, 1.165) is 6.07 Å². The number of carbonyl (C=O) groups excluding carboxylic acids is 3. The molecular weight excluding hydrogens is 424 g/mol. The van der Waals surface area contributed by atoms with Gasteiger partial charge in [-0.1, -0.05) is 35.3 Å². The summed E-state index contributed by atoms with van der Waals surface area (Å²) in [5.74, 6) is -2.63. The summed E-state index contributed by atoms with van der Waals surface area (Å²) in [6.45, 7) is -0.302. The topological polar surface area (TPSA) is 102 Å². The van der Waals surface area contributed by atoms with E-state index in [9.17, 15) is 18.8 Å². The molecule has 0 fully saturated rings. The number of amides is 2. The van der Waals surface area contributed by atoms with Crippen LogP contribution in [0.25, 0.3) is 0 Å². The van der Waals surface area contributed by atoms with Crippen molar-refractivity contribution < 1.29 is 23.5 Å². The second-order valence-corrected chi connectivity index (χ2v) is 6.97. The molecule has 0 saturated heterocycles. The fraction of sp³-hybridized carbons (Fsp3) is 0.211. The van der Waals surface area contributed by atoms with Crippen LogP contribution in [-0.2, 0) is 14.3 Å². The van der Waals surface area contributed by atoms with E-state index < -0.39 is 29.6 Å². The molecule has 0 bridgehead atoms. The minimum atomic E-state index is -1.04. The number of rotatable bonds is 7. The number of hydrogen-bond donors (Lipinski definition) is 2. The Morgan fingerprint density at radius 3 is 2.52 bits per heavy atom. The summed E-state index contributed by atoms with van der Waals surface area (Å²) >= 11 is 12.0. The van der Waals surface area contributed by atoms with Gasteiger partial charge in [0.2, 0.25) is 11.8 Å². The van der Waals surface area contributed by atoms with Gasteiger partial charge in [0, 0.05) is 5.02 Å². The van der Waals surface area contributed by atoms with Gasteiger partial charge < -0.3 is 15.8 Å². The Hall–Kier alpha value is -2.68. The summed E-state index contributed by atoms with van der Waals surface area (Å²) in [4.78, 5) is 37.7. The molecule has 154 valence electrons. The fourth-order valence-electron chi connectivity index (χ4n) is 2.78. The molecule has 0 heterocycles. The third-order valence-corrected chi connectivity index (χ3v) is 4.51. The van der Waals surface area contributed by atoms with Crippen LogP contribution in [0, 0.1) is 5.82 Å². The van der Waals surface area contributed by atoms with Crippen LogP contribution in [0.1, 0.15) is 22.0 Å².